The van der Waals surface area contributed by atoms with E-state index in [1.807, 2.05) is 0 Å². The number of carboxylic acids is 1. The van der Waals surface area contributed by atoms with Crippen LogP contribution in [0.5, 0.6) is 0 Å². The molecule has 0 saturated carbocycles. The van der Waals surface area contributed by atoms with Crippen molar-refractivity contribution in [2.24, 2.45) is 0 Å². The molecule has 2 aromatic heterocycles. The number of aromatic amines is 1. The molecule has 0 spiro atoms. The van der Waals surface area contributed by atoms with Gasteiger partial charge in [-0.2, -0.15) is 0 Å². The van der Waals surface area contributed by atoms with Crippen molar-refractivity contribution in [3.8, 4) is 0 Å². The van der Waals surface area contributed by atoms with Crippen LogP contribution in [0.2, 0.25) is 0 Å². The lowest BCUT2D eigenvalue weighted by Crippen LogP contribution is -2.22. The SMILES string of the molecule is O=C(O)c1ccc(C(=O)NCc2ncc[nH]2)s1. The van der Waals surface area contributed by atoms with Crippen molar-refractivity contribution in [1.82, 2.24) is 15.3 Å². The van der Waals surface area contributed by atoms with Crippen molar-refractivity contribution >= 4 is 23.2 Å². The number of aromatic carboxylic acids is 1. The van der Waals surface area contributed by atoms with E-state index in [1.165, 1.54) is 12.1 Å². The third kappa shape index (κ3) is 2.70. The highest BCUT2D eigenvalue weighted by Crippen LogP contribution is 2.16. The number of rotatable bonds is 4. The first-order valence-electron chi connectivity index (χ1n) is 4.76. The predicted octanol–water partition coefficient (Wildman–Crippen LogP) is 1.10. The quantitative estimate of drug-likeness (QED) is 0.758. The molecule has 0 radical (unpaired) electrons. The number of hydrogen-bond donors (Lipinski definition) is 3. The van der Waals surface area contributed by atoms with Gasteiger partial charge in [0.2, 0.25) is 0 Å². The van der Waals surface area contributed by atoms with E-state index in [1.54, 1.807) is 12.4 Å². The topological polar surface area (TPSA) is 95.1 Å². The average molecular weight is 251 g/mol. The number of nitrogens with zero attached hydrogens (tertiary/aromatic N) is 1. The monoisotopic (exact) mass is 251 g/mol. The van der Waals surface area contributed by atoms with E-state index in [4.69, 9.17) is 5.11 Å². The van der Waals surface area contributed by atoms with E-state index in [0.717, 1.165) is 11.3 Å². The average Bonchev–Trinajstić information content (AvgIpc) is 2.96. The fraction of sp³-hybridized carbons (Fsp3) is 0.100. The number of carbonyl (C=O) groups excluding carboxylic acids is 1. The summed E-state index contributed by atoms with van der Waals surface area (Å²) in [5.41, 5.74) is 0. The van der Waals surface area contributed by atoms with Gasteiger partial charge in [-0.05, 0) is 12.1 Å². The minimum absolute atomic E-state index is 0.146. The van der Waals surface area contributed by atoms with Crippen LogP contribution in [0.1, 0.15) is 25.2 Å². The Morgan fingerprint density at radius 3 is 2.76 bits per heavy atom. The van der Waals surface area contributed by atoms with Gasteiger partial charge in [-0.3, -0.25) is 4.79 Å². The van der Waals surface area contributed by atoms with Gasteiger partial charge in [0.05, 0.1) is 11.4 Å². The Hall–Kier alpha value is -2.15. The lowest BCUT2D eigenvalue weighted by molar-refractivity contribution is 0.0702. The zero-order chi connectivity index (χ0) is 12.3. The standard InChI is InChI=1S/C10H9N3O3S/c14-9(13-5-8-11-3-4-12-8)6-1-2-7(17-6)10(15)16/h1-4H,5H2,(H,11,12)(H,13,14)(H,15,16). The maximum atomic E-state index is 11.6. The predicted molar refractivity (Wildman–Crippen MR) is 61.0 cm³/mol. The highest BCUT2D eigenvalue weighted by molar-refractivity contribution is 7.15. The highest BCUT2D eigenvalue weighted by atomic mass is 32.1. The largest absolute Gasteiger partial charge is 0.477 e. The van der Waals surface area contributed by atoms with Crippen molar-refractivity contribution in [1.29, 1.82) is 0 Å². The maximum Gasteiger partial charge on any atom is 0.345 e. The van der Waals surface area contributed by atoms with Crippen LogP contribution in [0.15, 0.2) is 24.5 Å². The van der Waals surface area contributed by atoms with Gasteiger partial charge in [0.25, 0.3) is 5.91 Å². The van der Waals surface area contributed by atoms with E-state index in [2.05, 4.69) is 15.3 Å². The lowest BCUT2D eigenvalue weighted by atomic mass is 10.4. The van der Waals surface area contributed by atoms with E-state index in [-0.39, 0.29) is 17.3 Å². The van der Waals surface area contributed by atoms with Crippen LogP contribution in [-0.4, -0.2) is 27.0 Å². The molecule has 0 unspecified atom stereocenters. The first-order valence-corrected chi connectivity index (χ1v) is 5.58. The zero-order valence-corrected chi connectivity index (χ0v) is 9.45. The Morgan fingerprint density at radius 1 is 1.41 bits per heavy atom. The number of amides is 1. The molecule has 0 aromatic carbocycles. The third-order valence-corrected chi connectivity index (χ3v) is 3.08. The fourth-order valence-corrected chi connectivity index (χ4v) is 1.98. The van der Waals surface area contributed by atoms with Crippen molar-refractivity contribution < 1.29 is 14.7 Å². The maximum absolute atomic E-state index is 11.6. The zero-order valence-electron chi connectivity index (χ0n) is 8.64. The smallest absolute Gasteiger partial charge is 0.345 e. The van der Waals surface area contributed by atoms with Crippen molar-refractivity contribution in [2.45, 2.75) is 6.54 Å². The van der Waals surface area contributed by atoms with E-state index in [9.17, 15) is 9.59 Å². The lowest BCUT2D eigenvalue weighted by Gasteiger charge is -1.99. The van der Waals surface area contributed by atoms with Crippen molar-refractivity contribution in [2.75, 3.05) is 0 Å². The summed E-state index contributed by atoms with van der Waals surface area (Å²) in [6, 6.07) is 2.90. The Bertz CT molecular complexity index is 533. The van der Waals surface area contributed by atoms with Gasteiger partial charge in [0.1, 0.15) is 10.7 Å². The van der Waals surface area contributed by atoms with Crippen LogP contribution >= 0.6 is 11.3 Å². The Morgan fingerprint density at radius 2 is 2.18 bits per heavy atom. The minimum Gasteiger partial charge on any atom is -0.477 e. The Kier molecular flexibility index (Phi) is 3.20. The molecule has 17 heavy (non-hydrogen) atoms. The molecule has 7 heteroatoms. The number of H-pyrrole nitrogens is 1. The summed E-state index contributed by atoms with van der Waals surface area (Å²) in [7, 11) is 0. The van der Waals surface area contributed by atoms with Gasteiger partial charge in [0.15, 0.2) is 0 Å². The molecule has 2 heterocycles. The van der Waals surface area contributed by atoms with E-state index in [0.29, 0.717) is 10.7 Å². The second-order valence-electron chi connectivity index (χ2n) is 3.19. The van der Waals surface area contributed by atoms with Gasteiger partial charge in [-0.1, -0.05) is 0 Å². The summed E-state index contributed by atoms with van der Waals surface area (Å²) in [6.45, 7) is 0.284. The number of nitrogens with one attached hydrogen (secondary N) is 2. The second kappa shape index (κ2) is 4.79. The number of aromatic nitrogens is 2. The number of hydrogen-bond acceptors (Lipinski definition) is 4. The van der Waals surface area contributed by atoms with Crippen LogP contribution in [0, 0.1) is 0 Å². The molecule has 0 atom stereocenters. The van der Waals surface area contributed by atoms with Gasteiger partial charge in [-0.25, -0.2) is 9.78 Å². The molecule has 88 valence electrons. The van der Waals surface area contributed by atoms with Crippen LogP contribution < -0.4 is 5.32 Å². The third-order valence-electron chi connectivity index (χ3n) is 2.01. The molecule has 0 aliphatic heterocycles. The summed E-state index contributed by atoms with van der Waals surface area (Å²) < 4.78 is 0. The van der Waals surface area contributed by atoms with Gasteiger partial charge in [0, 0.05) is 12.4 Å². The second-order valence-corrected chi connectivity index (χ2v) is 4.27. The molecule has 1 amide bonds. The molecular formula is C10H9N3O3S. The van der Waals surface area contributed by atoms with Gasteiger partial charge < -0.3 is 15.4 Å². The van der Waals surface area contributed by atoms with Gasteiger partial charge >= 0.3 is 5.97 Å². The molecule has 2 rings (SSSR count). The highest BCUT2D eigenvalue weighted by Gasteiger charge is 2.12. The first kappa shape index (κ1) is 11.3. The number of thiophene rings is 1. The molecule has 0 aliphatic carbocycles. The number of carboxylic acid groups (broad SMARTS) is 1. The van der Waals surface area contributed by atoms with Crippen molar-refractivity contribution in [3.63, 3.8) is 0 Å². The van der Waals surface area contributed by atoms with E-state index < -0.39 is 5.97 Å². The molecule has 0 saturated heterocycles. The van der Waals surface area contributed by atoms with E-state index >= 15 is 0 Å². The minimum atomic E-state index is -1.03. The molecule has 6 nitrogen and oxygen atoms in total. The Balaban J connectivity index is 1.97. The molecule has 2 aromatic rings. The summed E-state index contributed by atoms with van der Waals surface area (Å²) in [5.74, 6) is -0.688. The van der Waals surface area contributed by atoms with Gasteiger partial charge in [-0.15, -0.1) is 11.3 Å². The molecular weight excluding hydrogens is 242 g/mol. The summed E-state index contributed by atoms with van der Waals surface area (Å²) >= 11 is 0.944. The summed E-state index contributed by atoms with van der Waals surface area (Å²) in [6.07, 6.45) is 3.25. The molecule has 0 fully saturated rings. The number of imidazole rings is 1. The summed E-state index contributed by atoms with van der Waals surface area (Å²) in [4.78, 5) is 29.6. The molecule has 0 bridgehead atoms. The molecule has 3 N–H and O–H groups in total. The van der Waals surface area contributed by atoms with Crippen LogP contribution in [0.25, 0.3) is 0 Å². The normalized spacial score (nSPS) is 10.1. The number of carbonyl (C=O) groups is 2. The van der Waals surface area contributed by atoms with Crippen LogP contribution in [0.3, 0.4) is 0 Å². The first-order chi connectivity index (χ1) is 8.16. The molecule has 0 aliphatic rings. The Labute approximate surface area is 100 Å². The van der Waals surface area contributed by atoms with Crippen LogP contribution in [-0.2, 0) is 6.54 Å². The van der Waals surface area contributed by atoms with Crippen molar-refractivity contribution in [3.05, 3.63) is 40.1 Å². The van der Waals surface area contributed by atoms with Crippen LogP contribution in [0.4, 0.5) is 0 Å². The summed E-state index contributed by atoms with van der Waals surface area (Å²) in [5, 5.41) is 11.4. The fourth-order valence-electron chi connectivity index (χ4n) is 1.22.